The van der Waals surface area contributed by atoms with E-state index in [1.54, 1.807) is 30.5 Å². The average Bonchev–Trinajstić information content (AvgIpc) is 3.12. The highest BCUT2D eigenvalue weighted by Crippen LogP contribution is 2.21. The van der Waals surface area contributed by atoms with E-state index in [1.165, 1.54) is 10.7 Å². The minimum absolute atomic E-state index is 0.0384. The number of nitrogens with zero attached hydrogens (tertiary/aromatic N) is 3. The maximum absolute atomic E-state index is 12.4. The number of para-hydroxylation sites is 2. The van der Waals surface area contributed by atoms with Gasteiger partial charge in [0.05, 0.1) is 4.92 Å². The van der Waals surface area contributed by atoms with Gasteiger partial charge in [-0.25, -0.2) is 4.68 Å². The second-order valence-electron chi connectivity index (χ2n) is 6.26. The lowest BCUT2D eigenvalue weighted by Crippen LogP contribution is -2.44. The van der Waals surface area contributed by atoms with Crippen molar-refractivity contribution in [3.05, 3.63) is 52.3 Å². The van der Waals surface area contributed by atoms with Crippen molar-refractivity contribution in [3.8, 4) is 5.69 Å². The van der Waals surface area contributed by atoms with Gasteiger partial charge in [-0.2, -0.15) is 5.10 Å². The van der Waals surface area contributed by atoms with Gasteiger partial charge < -0.3 is 10.6 Å². The number of amides is 1. The third-order valence-corrected chi connectivity index (χ3v) is 4.55. The van der Waals surface area contributed by atoms with E-state index in [2.05, 4.69) is 15.7 Å². The first-order valence-corrected chi connectivity index (χ1v) is 8.37. The molecule has 0 bridgehead atoms. The Bertz CT molecular complexity index is 767. The Morgan fingerprint density at radius 1 is 1.44 bits per heavy atom. The summed E-state index contributed by atoms with van der Waals surface area (Å²) in [5.74, 6) is 0.130. The number of carbonyl (C=O) groups is 1. The van der Waals surface area contributed by atoms with E-state index in [9.17, 15) is 14.9 Å². The van der Waals surface area contributed by atoms with Gasteiger partial charge >= 0.3 is 0 Å². The van der Waals surface area contributed by atoms with Crippen molar-refractivity contribution in [3.63, 3.8) is 0 Å². The molecule has 25 heavy (non-hydrogen) atoms. The van der Waals surface area contributed by atoms with Crippen molar-refractivity contribution in [2.24, 2.45) is 5.92 Å². The number of piperidine rings is 1. The van der Waals surface area contributed by atoms with Gasteiger partial charge in [-0.15, -0.1) is 0 Å². The molecule has 1 saturated heterocycles. The molecule has 1 aromatic carbocycles. The topological polar surface area (TPSA) is 102 Å². The fourth-order valence-corrected chi connectivity index (χ4v) is 3.10. The third kappa shape index (κ3) is 3.85. The van der Waals surface area contributed by atoms with Crippen molar-refractivity contribution >= 4 is 11.6 Å². The van der Waals surface area contributed by atoms with Crippen LogP contribution in [0, 0.1) is 16.0 Å². The monoisotopic (exact) mass is 343 g/mol. The molecule has 1 aliphatic heterocycles. The number of hydrogen-bond acceptors (Lipinski definition) is 5. The van der Waals surface area contributed by atoms with Crippen LogP contribution in [0.2, 0.25) is 0 Å². The summed E-state index contributed by atoms with van der Waals surface area (Å²) in [6.07, 6.45) is 3.75. The molecular formula is C17H21N5O3. The van der Waals surface area contributed by atoms with E-state index in [1.807, 2.05) is 6.92 Å². The van der Waals surface area contributed by atoms with E-state index in [-0.39, 0.29) is 23.3 Å². The Hall–Kier alpha value is -2.74. The quantitative estimate of drug-likeness (QED) is 0.638. The Balaban J connectivity index is 1.73. The molecule has 1 aromatic heterocycles. The van der Waals surface area contributed by atoms with E-state index in [0.717, 1.165) is 25.9 Å². The minimum atomic E-state index is -0.463. The van der Waals surface area contributed by atoms with Crippen LogP contribution < -0.4 is 10.6 Å². The van der Waals surface area contributed by atoms with Crippen molar-refractivity contribution in [2.75, 3.05) is 13.1 Å². The number of nitrogens with one attached hydrogen (secondary N) is 2. The SMILES string of the molecule is CC(NC(=O)c1ccn(-c2ccccc2[N+](=O)[O-])n1)C1CCCNC1. The normalized spacial score (nSPS) is 18.5. The summed E-state index contributed by atoms with van der Waals surface area (Å²) < 4.78 is 1.36. The van der Waals surface area contributed by atoms with Crippen molar-refractivity contribution in [1.82, 2.24) is 20.4 Å². The van der Waals surface area contributed by atoms with E-state index in [4.69, 9.17) is 0 Å². The first-order valence-electron chi connectivity index (χ1n) is 8.37. The molecule has 3 rings (SSSR count). The summed E-state index contributed by atoms with van der Waals surface area (Å²) in [6.45, 7) is 3.91. The van der Waals surface area contributed by atoms with Crippen LogP contribution in [0.25, 0.3) is 5.69 Å². The molecule has 132 valence electrons. The second-order valence-corrected chi connectivity index (χ2v) is 6.26. The predicted molar refractivity (Wildman–Crippen MR) is 92.7 cm³/mol. The van der Waals surface area contributed by atoms with Gasteiger partial charge in [-0.05, 0) is 50.9 Å². The van der Waals surface area contributed by atoms with Crippen LogP contribution in [0.5, 0.6) is 0 Å². The molecular weight excluding hydrogens is 322 g/mol. The lowest BCUT2D eigenvalue weighted by atomic mass is 9.93. The van der Waals surface area contributed by atoms with E-state index < -0.39 is 4.92 Å². The number of nitro groups is 1. The lowest BCUT2D eigenvalue weighted by Gasteiger charge is -2.28. The molecule has 8 heteroatoms. The third-order valence-electron chi connectivity index (χ3n) is 4.55. The van der Waals surface area contributed by atoms with Gasteiger partial charge in [0, 0.05) is 18.3 Å². The zero-order valence-electron chi connectivity index (χ0n) is 14.0. The first-order chi connectivity index (χ1) is 12.1. The number of nitro benzene ring substituents is 1. The predicted octanol–water partition coefficient (Wildman–Crippen LogP) is 1.90. The first kappa shape index (κ1) is 17.1. The molecule has 1 amide bonds. The second kappa shape index (κ2) is 7.43. The molecule has 2 atom stereocenters. The maximum atomic E-state index is 12.4. The van der Waals surface area contributed by atoms with Crippen molar-refractivity contribution < 1.29 is 9.72 Å². The van der Waals surface area contributed by atoms with Gasteiger partial charge in [0.15, 0.2) is 5.69 Å². The maximum Gasteiger partial charge on any atom is 0.294 e. The lowest BCUT2D eigenvalue weighted by molar-refractivity contribution is -0.384. The molecule has 2 heterocycles. The molecule has 0 radical (unpaired) electrons. The summed E-state index contributed by atoms with van der Waals surface area (Å²) in [4.78, 5) is 23.1. The number of hydrogen-bond donors (Lipinski definition) is 2. The summed E-state index contributed by atoms with van der Waals surface area (Å²) in [6, 6.07) is 7.91. The van der Waals surface area contributed by atoms with Crippen LogP contribution in [-0.4, -0.2) is 39.7 Å². The van der Waals surface area contributed by atoms with E-state index >= 15 is 0 Å². The van der Waals surface area contributed by atoms with Gasteiger partial charge in [-0.3, -0.25) is 14.9 Å². The van der Waals surface area contributed by atoms with Crippen LogP contribution in [0.1, 0.15) is 30.3 Å². The Labute approximate surface area is 145 Å². The van der Waals surface area contributed by atoms with Crippen LogP contribution in [0.3, 0.4) is 0 Å². The van der Waals surface area contributed by atoms with Crippen LogP contribution >= 0.6 is 0 Å². The zero-order chi connectivity index (χ0) is 17.8. The Morgan fingerprint density at radius 2 is 2.24 bits per heavy atom. The smallest absolute Gasteiger partial charge is 0.294 e. The fraction of sp³-hybridized carbons (Fsp3) is 0.412. The van der Waals surface area contributed by atoms with Gasteiger partial charge in [-0.1, -0.05) is 12.1 Å². The number of aromatic nitrogens is 2. The molecule has 2 aromatic rings. The van der Waals surface area contributed by atoms with Gasteiger partial charge in [0.25, 0.3) is 11.6 Å². The summed E-state index contributed by atoms with van der Waals surface area (Å²) >= 11 is 0. The molecule has 1 fully saturated rings. The zero-order valence-corrected chi connectivity index (χ0v) is 14.0. The van der Waals surface area contributed by atoms with Crippen LogP contribution in [0.15, 0.2) is 36.5 Å². The van der Waals surface area contributed by atoms with Gasteiger partial charge in [0.1, 0.15) is 5.69 Å². The molecule has 1 aliphatic rings. The summed E-state index contributed by atoms with van der Waals surface area (Å²) in [5, 5.41) is 21.7. The van der Waals surface area contributed by atoms with Crippen LogP contribution in [-0.2, 0) is 0 Å². The number of rotatable bonds is 5. The Kier molecular flexibility index (Phi) is 5.08. The van der Waals surface area contributed by atoms with Crippen LogP contribution in [0.4, 0.5) is 5.69 Å². The largest absolute Gasteiger partial charge is 0.348 e. The number of carbonyl (C=O) groups excluding carboxylic acids is 1. The number of benzene rings is 1. The highest BCUT2D eigenvalue weighted by Gasteiger charge is 2.23. The Morgan fingerprint density at radius 3 is 2.96 bits per heavy atom. The van der Waals surface area contributed by atoms with Crippen molar-refractivity contribution in [2.45, 2.75) is 25.8 Å². The standard InChI is InChI=1S/C17H21N5O3/c1-12(13-5-4-9-18-11-13)19-17(23)14-8-10-21(20-14)15-6-2-3-7-16(15)22(24)25/h2-3,6-8,10,12-13,18H,4-5,9,11H2,1H3,(H,19,23). The molecule has 0 saturated carbocycles. The molecule has 0 aliphatic carbocycles. The minimum Gasteiger partial charge on any atom is -0.348 e. The molecule has 8 nitrogen and oxygen atoms in total. The highest BCUT2D eigenvalue weighted by molar-refractivity contribution is 5.92. The van der Waals surface area contributed by atoms with Gasteiger partial charge in [0.2, 0.25) is 0 Å². The average molecular weight is 343 g/mol. The molecule has 0 spiro atoms. The highest BCUT2D eigenvalue weighted by atomic mass is 16.6. The van der Waals surface area contributed by atoms with E-state index in [0.29, 0.717) is 11.6 Å². The molecule has 2 unspecified atom stereocenters. The summed E-state index contributed by atoms with van der Waals surface area (Å²) in [7, 11) is 0. The van der Waals surface area contributed by atoms with Crippen molar-refractivity contribution in [1.29, 1.82) is 0 Å². The fourth-order valence-electron chi connectivity index (χ4n) is 3.10. The molecule has 2 N–H and O–H groups in total. The summed E-state index contributed by atoms with van der Waals surface area (Å²) in [5.41, 5.74) is 0.518.